The van der Waals surface area contributed by atoms with Gasteiger partial charge in [0.1, 0.15) is 8.07 Å². The molecule has 3 aliphatic heterocycles. The molecule has 0 aliphatic carbocycles. The summed E-state index contributed by atoms with van der Waals surface area (Å²) in [5.74, 6) is 0.860. The van der Waals surface area contributed by atoms with Crippen LogP contribution in [0.4, 0.5) is 0 Å². The van der Waals surface area contributed by atoms with E-state index in [4.69, 9.17) is 18.9 Å². The summed E-state index contributed by atoms with van der Waals surface area (Å²) in [7, 11) is -1.74. The highest BCUT2D eigenvalue weighted by molar-refractivity contribution is 6.83. The first-order valence-electron chi connectivity index (χ1n) is 7.90. The molecule has 0 spiro atoms. The van der Waals surface area contributed by atoms with Crippen molar-refractivity contribution in [2.24, 2.45) is 0 Å². The highest BCUT2D eigenvalue weighted by Crippen LogP contribution is 2.58. The normalized spacial score (nSPS) is 41.1. The molecule has 6 nitrogen and oxygen atoms in total. The van der Waals surface area contributed by atoms with Gasteiger partial charge >= 0.3 is 11.9 Å². The molecule has 0 unspecified atom stereocenters. The van der Waals surface area contributed by atoms with Crippen LogP contribution in [-0.4, -0.2) is 49.7 Å². The lowest BCUT2D eigenvalue weighted by Gasteiger charge is -2.42. The van der Waals surface area contributed by atoms with Gasteiger partial charge in [-0.05, 0) is 13.8 Å². The zero-order valence-corrected chi connectivity index (χ0v) is 15.1. The van der Waals surface area contributed by atoms with Crippen molar-refractivity contribution in [3.05, 3.63) is 0 Å². The van der Waals surface area contributed by atoms with Crippen LogP contribution < -0.4 is 0 Å². The van der Waals surface area contributed by atoms with E-state index in [2.05, 4.69) is 31.1 Å². The van der Waals surface area contributed by atoms with Crippen molar-refractivity contribution in [1.82, 2.24) is 0 Å². The molecule has 0 saturated carbocycles. The van der Waals surface area contributed by atoms with Crippen molar-refractivity contribution in [3.8, 4) is 11.5 Å². The van der Waals surface area contributed by atoms with Gasteiger partial charge in [-0.3, -0.25) is 0 Å². The van der Waals surface area contributed by atoms with Gasteiger partial charge in [-0.1, -0.05) is 25.6 Å². The molecule has 0 amide bonds. The highest BCUT2D eigenvalue weighted by Gasteiger charge is 2.82. The maximum atomic E-state index is 12.7. The minimum Gasteiger partial charge on any atom is -0.464 e. The smallest absolute Gasteiger partial charge is 0.347 e. The topological polar surface area (TPSA) is 71.1 Å². The Balaban J connectivity index is 2.15. The standard InChI is InChI=1S/C16H22O6Si/c1-6-19-13(18)16-11-12(17)21-15(16,9-10-23(3,4)5)8-7-14(2,20-11)22-16/h11H,6-8H2,1-5H3/t11-,14-,15+,16+/m1/s1. The maximum absolute atomic E-state index is 12.7. The Kier molecular flexibility index (Phi) is 3.46. The minimum absolute atomic E-state index is 0.180. The van der Waals surface area contributed by atoms with E-state index >= 15 is 0 Å². The molecule has 0 N–H and O–H groups in total. The summed E-state index contributed by atoms with van der Waals surface area (Å²) in [6.45, 7) is 9.87. The monoisotopic (exact) mass is 338 g/mol. The van der Waals surface area contributed by atoms with E-state index in [0.717, 1.165) is 0 Å². The molecule has 0 aromatic rings. The van der Waals surface area contributed by atoms with E-state index in [0.29, 0.717) is 12.8 Å². The number of carbonyl (C=O) groups is 2. The second-order valence-corrected chi connectivity index (χ2v) is 12.2. The van der Waals surface area contributed by atoms with Gasteiger partial charge in [0, 0.05) is 12.8 Å². The van der Waals surface area contributed by atoms with E-state index in [1.165, 1.54) is 0 Å². The van der Waals surface area contributed by atoms with Gasteiger partial charge in [-0.25, -0.2) is 9.59 Å². The average molecular weight is 338 g/mol. The molecular formula is C16H22O6Si. The molecule has 3 saturated heterocycles. The van der Waals surface area contributed by atoms with Crippen molar-refractivity contribution in [2.75, 3.05) is 6.61 Å². The number of hydrogen-bond donors (Lipinski definition) is 0. The van der Waals surface area contributed by atoms with Gasteiger partial charge < -0.3 is 18.9 Å². The lowest BCUT2D eigenvalue weighted by Crippen LogP contribution is -2.63. The molecule has 0 radical (unpaired) electrons. The maximum Gasteiger partial charge on any atom is 0.347 e. The molecule has 2 bridgehead atoms. The summed E-state index contributed by atoms with van der Waals surface area (Å²) in [5.41, 5.74) is 0.269. The van der Waals surface area contributed by atoms with Gasteiger partial charge in [0.25, 0.3) is 5.60 Å². The van der Waals surface area contributed by atoms with E-state index in [9.17, 15) is 9.59 Å². The number of fused-ring (bicyclic) bond motifs is 1. The Hall–Kier alpha value is -1.36. The number of ether oxygens (including phenoxy) is 4. The Morgan fingerprint density at radius 3 is 2.70 bits per heavy atom. The predicted molar refractivity (Wildman–Crippen MR) is 82.9 cm³/mol. The zero-order chi connectivity index (χ0) is 17.1. The van der Waals surface area contributed by atoms with Crippen LogP contribution in [0.2, 0.25) is 19.6 Å². The highest BCUT2D eigenvalue weighted by atomic mass is 28.3. The summed E-state index contributed by atoms with van der Waals surface area (Å²) in [4.78, 5) is 25.1. The summed E-state index contributed by atoms with van der Waals surface area (Å²) < 4.78 is 22.5. The number of esters is 2. The zero-order valence-electron chi connectivity index (χ0n) is 14.1. The fraction of sp³-hybridized carbons (Fsp3) is 0.750. The van der Waals surface area contributed by atoms with Gasteiger partial charge in [0.2, 0.25) is 11.7 Å². The van der Waals surface area contributed by atoms with Crippen molar-refractivity contribution >= 4 is 20.0 Å². The average Bonchev–Trinajstić information content (AvgIpc) is 2.84. The molecule has 7 heteroatoms. The third-order valence-electron chi connectivity index (χ3n) is 4.35. The van der Waals surface area contributed by atoms with Gasteiger partial charge in [-0.2, -0.15) is 0 Å². The molecule has 0 aromatic heterocycles. The third-order valence-corrected chi connectivity index (χ3v) is 5.23. The number of rotatable bonds is 2. The van der Waals surface area contributed by atoms with Crippen molar-refractivity contribution in [2.45, 2.75) is 69.4 Å². The summed E-state index contributed by atoms with van der Waals surface area (Å²) in [5, 5.41) is 0. The molecular weight excluding hydrogens is 316 g/mol. The van der Waals surface area contributed by atoms with E-state index in [-0.39, 0.29) is 6.61 Å². The summed E-state index contributed by atoms with van der Waals surface area (Å²) in [6.07, 6.45) is -0.231. The van der Waals surface area contributed by atoms with Crippen LogP contribution in [0, 0.1) is 11.5 Å². The quantitative estimate of drug-likeness (QED) is 0.430. The Morgan fingerprint density at radius 1 is 1.39 bits per heavy atom. The van der Waals surface area contributed by atoms with Crippen LogP contribution in [0.3, 0.4) is 0 Å². The molecule has 0 aromatic carbocycles. The first-order valence-corrected chi connectivity index (χ1v) is 11.4. The van der Waals surface area contributed by atoms with E-state index in [1.807, 2.05) is 0 Å². The molecule has 3 fully saturated rings. The molecule has 3 aliphatic rings. The molecule has 3 heterocycles. The minimum atomic E-state index is -1.74. The fourth-order valence-electron chi connectivity index (χ4n) is 3.33. The van der Waals surface area contributed by atoms with Gasteiger partial charge in [0.05, 0.1) is 6.61 Å². The van der Waals surface area contributed by atoms with Crippen molar-refractivity contribution in [3.63, 3.8) is 0 Å². The largest absolute Gasteiger partial charge is 0.464 e. The summed E-state index contributed by atoms with van der Waals surface area (Å²) >= 11 is 0. The van der Waals surface area contributed by atoms with Crippen LogP contribution in [0.5, 0.6) is 0 Å². The lowest BCUT2D eigenvalue weighted by atomic mass is 9.76. The van der Waals surface area contributed by atoms with Gasteiger partial charge in [0.15, 0.2) is 5.79 Å². The Labute approximate surface area is 136 Å². The first-order chi connectivity index (χ1) is 10.6. The van der Waals surface area contributed by atoms with E-state index < -0.39 is 43.1 Å². The van der Waals surface area contributed by atoms with Crippen molar-refractivity contribution in [1.29, 1.82) is 0 Å². The third kappa shape index (κ3) is 2.23. The molecule has 3 rings (SSSR count). The van der Waals surface area contributed by atoms with Crippen LogP contribution in [0.1, 0.15) is 26.7 Å². The molecule has 126 valence electrons. The lowest BCUT2D eigenvalue weighted by molar-refractivity contribution is -0.256. The van der Waals surface area contributed by atoms with E-state index in [1.54, 1.807) is 13.8 Å². The SMILES string of the molecule is CCOC(=O)[C@]12O[C@]3(C)CC[C@@]1(C#C[Si](C)(C)C)OC(=O)[C@H]2O3. The van der Waals surface area contributed by atoms with Crippen LogP contribution in [0.25, 0.3) is 0 Å². The second kappa shape index (κ2) is 4.82. The molecule has 23 heavy (non-hydrogen) atoms. The number of carbonyl (C=O) groups excluding carboxylic acids is 2. The van der Waals surface area contributed by atoms with Crippen LogP contribution >= 0.6 is 0 Å². The first kappa shape index (κ1) is 16.5. The Morgan fingerprint density at radius 2 is 2.09 bits per heavy atom. The van der Waals surface area contributed by atoms with Crippen molar-refractivity contribution < 1.29 is 28.5 Å². The second-order valence-electron chi connectivity index (χ2n) is 7.44. The van der Waals surface area contributed by atoms with Crippen LogP contribution in [0.15, 0.2) is 0 Å². The van der Waals surface area contributed by atoms with Crippen LogP contribution in [-0.2, 0) is 28.5 Å². The Bertz CT molecular complexity index is 629. The summed E-state index contributed by atoms with van der Waals surface area (Å²) in [6, 6.07) is 0. The molecule has 4 atom stereocenters. The predicted octanol–water partition coefficient (Wildman–Crippen LogP) is 1.39. The number of hydrogen-bond acceptors (Lipinski definition) is 6. The fourth-order valence-corrected chi connectivity index (χ4v) is 3.91. The van der Waals surface area contributed by atoms with Gasteiger partial charge in [-0.15, -0.1) is 5.54 Å².